The van der Waals surface area contributed by atoms with Gasteiger partial charge in [-0.25, -0.2) is 22.5 Å². The highest BCUT2D eigenvalue weighted by molar-refractivity contribution is 7.99. The highest BCUT2D eigenvalue weighted by Gasteiger charge is 2.55. The minimum atomic E-state index is -5.24. The quantitative estimate of drug-likeness (QED) is 0.0591. The van der Waals surface area contributed by atoms with Crippen molar-refractivity contribution in [1.82, 2.24) is 39.3 Å². The lowest BCUT2D eigenvalue weighted by atomic mass is 9.98. The Morgan fingerprint density at radius 1 is 1.40 bits per heavy atom. The van der Waals surface area contributed by atoms with Gasteiger partial charge in [-0.2, -0.15) is 24.4 Å². The van der Waals surface area contributed by atoms with Crippen LogP contribution < -0.4 is 15.7 Å². The van der Waals surface area contributed by atoms with Gasteiger partial charge in [-0.05, 0) is 4.98 Å². The van der Waals surface area contributed by atoms with E-state index in [1.165, 1.54) is 11.6 Å². The minimum absolute atomic E-state index is 0.0571. The van der Waals surface area contributed by atoms with Crippen molar-refractivity contribution in [2.75, 3.05) is 5.73 Å². The summed E-state index contributed by atoms with van der Waals surface area (Å²) in [6, 6.07) is -2.83. The largest absolute Gasteiger partial charge is 0.731 e. The third kappa shape index (κ3) is 5.77. The smallest absolute Gasteiger partial charge is 0.350 e. The number of carbonyl (C=O) groups excluding carboxylic acids is 2. The van der Waals surface area contributed by atoms with Crippen LogP contribution in [-0.4, -0.2) is 98.5 Å². The molecule has 1 saturated carbocycles. The molecular formula is C21H23N11O8S3. The molecular weight excluding hydrogens is 631 g/mol. The van der Waals surface area contributed by atoms with Crippen molar-refractivity contribution in [1.29, 1.82) is 0 Å². The number of nitrogens with zero attached hydrogens (tertiary/aromatic N) is 9. The van der Waals surface area contributed by atoms with Gasteiger partial charge in [0.2, 0.25) is 11.9 Å². The SMILES string of the molecule is Nc1nc(C(=NOC2(C(=O)O)CC2)C(=O)N[C@@H]2C(=O)N(S(=O)(=O)[O-])[C@@H]2Cn2ncc(CSC3Cn4cnc[n+]4C3)n2)cs1. The molecule has 0 unspecified atom stereocenters. The second-order valence-electron chi connectivity index (χ2n) is 9.96. The lowest BCUT2D eigenvalue weighted by Gasteiger charge is -2.46. The Kier molecular flexibility index (Phi) is 7.30. The zero-order valence-corrected chi connectivity index (χ0v) is 24.4. The van der Waals surface area contributed by atoms with Gasteiger partial charge in [0.05, 0.1) is 36.3 Å². The van der Waals surface area contributed by atoms with Crippen LogP contribution in [0.3, 0.4) is 0 Å². The summed E-state index contributed by atoms with van der Waals surface area (Å²) in [6.07, 6.45) is 5.32. The molecule has 19 nitrogen and oxygen atoms in total. The van der Waals surface area contributed by atoms with E-state index in [-0.39, 0.29) is 39.8 Å². The highest BCUT2D eigenvalue weighted by atomic mass is 32.2. The number of carboxylic acids is 1. The first kappa shape index (κ1) is 28.9. The van der Waals surface area contributed by atoms with E-state index in [0.717, 1.165) is 29.2 Å². The van der Waals surface area contributed by atoms with E-state index in [1.54, 1.807) is 24.4 Å². The number of oxime groups is 1. The molecule has 6 rings (SSSR count). The molecule has 4 N–H and O–H groups in total. The summed E-state index contributed by atoms with van der Waals surface area (Å²) in [6.45, 7) is 1.23. The predicted molar refractivity (Wildman–Crippen MR) is 144 cm³/mol. The van der Waals surface area contributed by atoms with Gasteiger partial charge in [-0.15, -0.1) is 23.1 Å². The molecule has 43 heavy (non-hydrogen) atoms. The summed E-state index contributed by atoms with van der Waals surface area (Å²) in [5.74, 6) is -2.96. The van der Waals surface area contributed by atoms with Crippen LogP contribution in [0.1, 0.15) is 24.2 Å². The van der Waals surface area contributed by atoms with Crippen LogP contribution >= 0.6 is 23.1 Å². The molecule has 2 atom stereocenters. The Hall–Kier alpha value is -4.15. The van der Waals surface area contributed by atoms with Gasteiger partial charge in [0.1, 0.15) is 18.3 Å². The number of anilines is 1. The van der Waals surface area contributed by atoms with E-state index < -0.39 is 51.5 Å². The normalized spacial score (nSPS) is 22.6. The second kappa shape index (κ2) is 10.8. The molecule has 0 spiro atoms. The Labute approximate surface area is 250 Å². The molecule has 3 aliphatic rings. The maximum Gasteiger partial charge on any atom is 0.350 e. The monoisotopic (exact) mass is 653 g/mol. The summed E-state index contributed by atoms with van der Waals surface area (Å²) < 4.78 is 39.7. The summed E-state index contributed by atoms with van der Waals surface area (Å²) in [5.41, 5.74) is 4.13. The first-order valence-electron chi connectivity index (χ1n) is 12.6. The van der Waals surface area contributed by atoms with Crippen LogP contribution in [0.25, 0.3) is 0 Å². The topological polar surface area (TPSA) is 257 Å². The van der Waals surface area contributed by atoms with E-state index in [0.29, 0.717) is 11.4 Å². The fraction of sp³-hybridized carbons (Fsp3) is 0.476. The zero-order valence-electron chi connectivity index (χ0n) is 21.9. The van der Waals surface area contributed by atoms with Crippen molar-refractivity contribution in [2.45, 2.75) is 61.2 Å². The third-order valence-corrected chi connectivity index (χ3v) is 9.83. The average Bonchev–Trinajstić information content (AvgIpc) is 3.31. The highest BCUT2D eigenvalue weighted by Crippen LogP contribution is 2.40. The molecule has 1 saturated heterocycles. The molecule has 3 aromatic heterocycles. The number of aromatic nitrogens is 7. The molecule has 228 valence electrons. The Bertz CT molecular complexity index is 1710. The lowest BCUT2D eigenvalue weighted by Crippen LogP contribution is -2.73. The average molecular weight is 654 g/mol. The number of nitrogen functional groups attached to an aromatic ring is 1. The molecule has 3 aromatic rings. The summed E-state index contributed by atoms with van der Waals surface area (Å²) >= 11 is 2.62. The van der Waals surface area contributed by atoms with Crippen molar-refractivity contribution in [3.63, 3.8) is 0 Å². The number of aliphatic carboxylic acids is 1. The van der Waals surface area contributed by atoms with E-state index in [2.05, 4.69) is 30.6 Å². The van der Waals surface area contributed by atoms with Crippen molar-refractivity contribution in [3.05, 3.63) is 35.6 Å². The van der Waals surface area contributed by atoms with Crippen molar-refractivity contribution in [2.24, 2.45) is 5.16 Å². The van der Waals surface area contributed by atoms with Crippen molar-refractivity contribution < 1.29 is 42.0 Å². The van der Waals surface area contributed by atoms with Gasteiger partial charge in [-0.1, -0.05) is 5.16 Å². The summed E-state index contributed by atoms with van der Waals surface area (Å²) in [4.78, 5) is 51.8. The number of nitrogens with one attached hydrogen (secondary N) is 1. The van der Waals surface area contributed by atoms with E-state index >= 15 is 0 Å². The van der Waals surface area contributed by atoms with Gasteiger partial charge in [0, 0.05) is 24.0 Å². The predicted octanol–water partition coefficient (Wildman–Crippen LogP) is -2.69. The number of thiazole rings is 1. The summed E-state index contributed by atoms with van der Waals surface area (Å²) in [7, 11) is -5.24. The van der Waals surface area contributed by atoms with E-state index in [9.17, 15) is 32.5 Å². The number of nitrogens with two attached hydrogens (primary N) is 1. The Morgan fingerprint density at radius 3 is 2.84 bits per heavy atom. The fourth-order valence-electron chi connectivity index (χ4n) is 4.59. The van der Waals surface area contributed by atoms with Gasteiger partial charge >= 0.3 is 12.3 Å². The molecule has 0 radical (unpaired) electrons. The van der Waals surface area contributed by atoms with Crippen LogP contribution in [0.15, 0.2) is 29.4 Å². The number of β-lactam (4-membered cyclic amide) rings is 1. The lowest BCUT2D eigenvalue weighted by molar-refractivity contribution is -0.758. The minimum Gasteiger partial charge on any atom is -0.731 e. The molecule has 0 aromatic carbocycles. The van der Waals surface area contributed by atoms with Gasteiger partial charge < -0.3 is 25.5 Å². The number of amides is 2. The number of hydrogen-bond donors (Lipinski definition) is 3. The Balaban J connectivity index is 1.15. The molecule has 22 heteroatoms. The molecule has 1 aliphatic carbocycles. The first-order valence-corrected chi connectivity index (χ1v) is 15.9. The van der Waals surface area contributed by atoms with Crippen LogP contribution in [0, 0.1) is 0 Å². The van der Waals surface area contributed by atoms with Crippen LogP contribution in [0.2, 0.25) is 0 Å². The van der Waals surface area contributed by atoms with Gasteiger partial charge in [0.25, 0.3) is 11.8 Å². The zero-order chi connectivity index (χ0) is 30.5. The summed E-state index contributed by atoms with van der Waals surface area (Å²) in [5, 5.41) is 25.7. The molecule has 5 heterocycles. The molecule has 2 fully saturated rings. The second-order valence-corrected chi connectivity index (χ2v) is 13.4. The van der Waals surface area contributed by atoms with Crippen LogP contribution in [0.5, 0.6) is 0 Å². The maximum atomic E-state index is 13.2. The third-order valence-electron chi connectivity index (χ3n) is 6.99. The maximum absolute atomic E-state index is 13.2. The molecule has 0 bridgehead atoms. The first-order chi connectivity index (χ1) is 20.4. The van der Waals surface area contributed by atoms with E-state index in [1.807, 2.05) is 9.36 Å². The van der Waals surface area contributed by atoms with Crippen LogP contribution in [0.4, 0.5) is 5.13 Å². The molecule has 2 amide bonds. The van der Waals surface area contributed by atoms with Crippen molar-refractivity contribution >= 4 is 62.0 Å². The fourth-order valence-corrected chi connectivity index (χ4v) is 7.05. The van der Waals surface area contributed by atoms with Gasteiger partial charge in [0.15, 0.2) is 21.1 Å². The number of carboxylic acid groups (broad SMARTS) is 1. The molecule has 2 aliphatic heterocycles. The number of carbonyl (C=O) groups is 3. The number of thioether (sulfide) groups is 1. The number of hydrogen-bond acceptors (Lipinski definition) is 15. The van der Waals surface area contributed by atoms with Crippen molar-refractivity contribution in [3.8, 4) is 0 Å². The standard InChI is InChI=1S/C21H23N11O8S3/c22-20-25-13(8-42-20)15(28-40-21(1-2-21)19(35)36)17(33)26-16-14(32(18(16)34)43(37,38)39)6-31-24-3-11(27-31)7-41-12-4-29-9-23-10-30(29)5-12/h3,8-10,12,14,16H,1-2,4-7H2,(H4-,22,25,26,33,35,36,37,38,39)/t14-,16+/m1/s1. The Morgan fingerprint density at radius 2 is 2.19 bits per heavy atom. The number of fused-ring (bicyclic) bond motifs is 1. The number of rotatable bonds is 12. The van der Waals surface area contributed by atoms with Gasteiger partial charge in [-0.3, -0.25) is 9.59 Å². The van der Waals surface area contributed by atoms with Crippen LogP contribution in [-0.2, 0) is 54.9 Å². The van der Waals surface area contributed by atoms with E-state index in [4.69, 9.17) is 10.6 Å².